The van der Waals surface area contributed by atoms with E-state index in [1.54, 1.807) is 11.3 Å². The first-order valence-electron chi connectivity index (χ1n) is 9.65. The predicted molar refractivity (Wildman–Crippen MR) is 116 cm³/mol. The van der Waals surface area contributed by atoms with Crippen LogP contribution in [0.1, 0.15) is 23.9 Å². The maximum absolute atomic E-state index is 12.8. The van der Waals surface area contributed by atoms with Gasteiger partial charge in [0.1, 0.15) is 5.01 Å². The summed E-state index contributed by atoms with van der Waals surface area (Å²) in [4.78, 5) is 19.9. The number of hydrogen-bond donors (Lipinski definition) is 1. The molecule has 0 spiro atoms. The van der Waals surface area contributed by atoms with Gasteiger partial charge in [0.05, 0.1) is 22.8 Å². The van der Waals surface area contributed by atoms with E-state index in [2.05, 4.69) is 34.5 Å². The van der Waals surface area contributed by atoms with Crippen LogP contribution in [0.5, 0.6) is 0 Å². The number of rotatable bonds is 4. The number of thiazole rings is 1. The summed E-state index contributed by atoms with van der Waals surface area (Å²) in [6, 6.07) is 22.6. The molecule has 1 aliphatic rings. The van der Waals surface area contributed by atoms with Crippen LogP contribution in [0.25, 0.3) is 21.0 Å². The number of anilines is 1. The number of benzene rings is 3. The van der Waals surface area contributed by atoms with Crippen LogP contribution < -0.4 is 5.32 Å². The lowest BCUT2D eigenvalue weighted by molar-refractivity contribution is -0.117. The fourth-order valence-electron chi connectivity index (χ4n) is 4.04. The molecule has 0 radical (unpaired) electrons. The Morgan fingerprint density at radius 3 is 2.82 bits per heavy atom. The number of carbonyl (C=O) groups excluding carboxylic acids is 1. The minimum Gasteiger partial charge on any atom is -0.324 e. The van der Waals surface area contributed by atoms with Gasteiger partial charge in [0, 0.05) is 11.1 Å². The number of nitrogens with one attached hydrogen (secondary N) is 1. The highest BCUT2D eigenvalue weighted by Gasteiger charge is 2.30. The van der Waals surface area contributed by atoms with E-state index in [1.807, 2.05) is 42.5 Å². The molecule has 1 atom stereocenters. The maximum atomic E-state index is 12.8. The molecule has 0 saturated carbocycles. The van der Waals surface area contributed by atoms with Gasteiger partial charge in [-0.1, -0.05) is 48.5 Å². The number of carbonyl (C=O) groups is 1. The molecule has 1 N–H and O–H groups in total. The smallest absolute Gasteiger partial charge is 0.238 e. The Hall–Kier alpha value is -2.76. The molecule has 0 aliphatic carbocycles. The lowest BCUT2D eigenvalue weighted by atomic mass is 10.1. The standard InChI is InChI=1S/C23H21N3OS/c27-22(24-18-11-5-8-16-7-1-2-9-17(16)18)15-26-14-6-12-20(26)23-25-19-10-3-4-13-21(19)28-23/h1-5,7-11,13,20H,6,12,14-15H2,(H,24,27)/t20-/m0/s1. The van der Waals surface area contributed by atoms with Gasteiger partial charge in [-0.15, -0.1) is 11.3 Å². The van der Waals surface area contributed by atoms with Gasteiger partial charge in [-0.2, -0.15) is 0 Å². The third kappa shape index (κ3) is 3.28. The van der Waals surface area contributed by atoms with E-state index in [0.717, 1.165) is 46.4 Å². The van der Waals surface area contributed by atoms with Crippen molar-refractivity contribution in [2.75, 3.05) is 18.4 Å². The Morgan fingerprint density at radius 2 is 1.89 bits per heavy atom. The van der Waals surface area contributed by atoms with Gasteiger partial charge in [0.2, 0.25) is 5.91 Å². The molecule has 1 amide bonds. The average molecular weight is 388 g/mol. The van der Waals surface area contributed by atoms with Crippen LogP contribution in [0.15, 0.2) is 66.7 Å². The Morgan fingerprint density at radius 1 is 1.07 bits per heavy atom. The zero-order valence-electron chi connectivity index (χ0n) is 15.5. The van der Waals surface area contributed by atoms with Crippen LogP contribution in [-0.2, 0) is 4.79 Å². The second-order valence-electron chi connectivity index (χ2n) is 7.22. The van der Waals surface area contributed by atoms with Gasteiger partial charge in [0.15, 0.2) is 0 Å². The topological polar surface area (TPSA) is 45.2 Å². The maximum Gasteiger partial charge on any atom is 0.238 e. The van der Waals surface area contributed by atoms with Gasteiger partial charge >= 0.3 is 0 Å². The van der Waals surface area contributed by atoms with Crippen molar-refractivity contribution in [1.29, 1.82) is 0 Å². The number of aromatic nitrogens is 1. The Balaban J connectivity index is 1.34. The van der Waals surface area contributed by atoms with Crippen molar-refractivity contribution >= 4 is 43.9 Å². The number of amides is 1. The summed E-state index contributed by atoms with van der Waals surface area (Å²) in [6.07, 6.45) is 2.16. The second kappa shape index (κ2) is 7.34. The lowest BCUT2D eigenvalue weighted by Gasteiger charge is -2.22. The van der Waals surface area contributed by atoms with E-state index in [1.165, 1.54) is 4.70 Å². The Kier molecular flexibility index (Phi) is 4.55. The van der Waals surface area contributed by atoms with E-state index in [-0.39, 0.29) is 11.9 Å². The summed E-state index contributed by atoms with van der Waals surface area (Å²) in [6.45, 7) is 1.33. The number of para-hydroxylation sites is 1. The lowest BCUT2D eigenvalue weighted by Crippen LogP contribution is -2.32. The fourth-order valence-corrected chi connectivity index (χ4v) is 5.17. The van der Waals surface area contributed by atoms with Gasteiger partial charge in [-0.3, -0.25) is 9.69 Å². The van der Waals surface area contributed by atoms with Crippen molar-refractivity contribution in [3.05, 3.63) is 71.7 Å². The number of nitrogens with zero attached hydrogens (tertiary/aromatic N) is 2. The summed E-state index contributed by atoms with van der Waals surface area (Å²) in [5, 5.41) is 6.44. The van der Waals surface area contributed by atoms with E-state index in [4.69, 9.17) is 4.98 Å². The first kappa shape index (κ1) is 17.3. The number of fused-ring (bicyclic) bond motifs is 2. The second-order valence-corrected chi connectivity index (χ2v) is 8.29. The molecule has 5 rings (SSSR count). The Bertz CT molecular complexity index is 1110. The molecule has 0 bridgehead atoms. The van der Waals surface area contributed by atoms with Crippen LogP contribution in [0.4, 0.5) is 5.69 Å². The molecule has 1 aliphatic heterocycles. The van der Waals surface area contributed by atoms with Crippen LogP contribution >= 0.6 is 11.3 Å². The molecule has 28 heavy (non-hydrogen) atoms. The normalized spacial score (nSPS) is 17.4. The highest BCUT2D eigenvalue weighted by Crippen LogP contribution is 2.36. The zero-order chi connectivity index (χ0) is 18.9. The van der Waals surface area contributed by atoms with Gasteiger partial charge in [-0.05, 0) is 43.0 Å². The largest absolute Gasteiger partial charge is 0.324 e. The third-order valence-corrected chi connectivity index (χ3v) is 6.51. The first-order chi connectivity index (χ1) is 13.8. The molecular weight excluding hydrogens is 366 g/mol. The molecule has 4 nitrogen and oxygen atoms in total. The number of hydrogen-bond acceptors (Lipinski definition) is 4. The zero-order valence-corrected chi connectivity index (χ0v) is 16.3. The van der Waals surface area contributed by atoms with Crippen molar-refractivity contribution in [3.63, 3.8) is 0 Å². The van der Waals surface area contributed by atoms with Gasteiger partial charge < -0.3 is 5.32 Å². The summed E-state index contributed by atoms with van der Waals surface area (Å²) < 4.78 is 1.21. The van der Waals surface area contributed by atoms with Crippen molar-refractivity contribution in [2.45, 2.75) is 18.9 Å². The summed E-state index contributed by atoms with van der Waals surface area (Å²) in [7, 11) is 0. The van der Waals surface area contributed by atoms with Gasteiger partial charge in [0.25, 0.3) is 0 Å². The van der Waals surface area contributed by atoms with E-state index >= 15 is 0 Å². The molecule has 1 saturated heterocycles. The SMILES string of the molecule is O=C(CN1CCC[C@H]1c1nc2ccccc2s1)Nc1cccc2ccccc12. The predicted octanol–water partition coefficient (Wildman–Crippen LogP) is 5.23. The summed E-state index contributed by atoms with van der Waals surface area (Å²) in [5.41, 5.74) is 1.92. The van der Waals surface area contributed by atoms with Crippen LogP contribution in [0.2, 0.25) is 0 Å². The minimum atomic E-state index is 0.0318. The quantitative estimate of drug-likeness (QED) is 0.522. The molecule has 2 heterocycles. The van der Waals surface area contributed by atoms with Crippen molar-refractivity contribution in [2.24, 2.45) is 0 Å². The molecule has 0 unspecified atom stereocenters. The van der Waals surface area contributed by atoms with Crippen LogP contribution in [0, 0.1) is 0 Å². The monoisotopic (exact) mass is 387 g/mol. The van der Waals surface area contributed by atoms with Crippen LogP contribution in [-0.4, -0.2) is 28.9 Å². The van der Waals surface area contributed by atoms with Gasteiger partial charge in [-0.25, -0.2) is 4.98 Å². The fraction of sp³-hybridized carbons (Fsp3) is 0.217. The molecule has 3 aromatic carbocycles. The van der Waals surface area contributed by atoms with E-state index in [0.29, 0.717) is 6.54 Å². The van der Waals surface area contributed by atoms with Crippen molar-refractivity contribution < 1.29 is 4.79 Å². The molecule has 140 valence electrons. The molecule has 4 aromatic rings. The first-order valence-corrected chi connectivity index (χ1v) is 10.5. The molecule has 1 aromatic heterocycles. The molecule has 5 heteroatoms. The summed E-state index contributed by atoms with van der Waals surface area (Å²) in [5.74, 6) is 0.0318. The summed E-state index contributed by atoms with van der Waals surface area (Å²) >= 11 is 1.75. The molecule has 1 fully saturated rings. The number of likely N-dealkylation sites (tertiary alicyclic amines) is 1. The van der Waals surface area contributed by atoms with E-state index < -0.39 is 0 Å². The van der Waals surface area contributed by atoms with Crippen LogP contribution in [0.3, 0.4) is 0 Å². The highest BCUT2D eigenvalue weighted by molar-refractivity contribution is 7.18. The Labute approximate surface area is 167 Å². The van der Waals surface area contributed by atoms with Crippen molar-refractivity contribution in [3.8, 4) is 0 Å². The van der Waals surface area contributed by atoms with E-state index in [9.17, 15) is 4.79 Å². The third-order valence-electron chi connectivity index (χ3n) is 5.37. The average Bonchev–Trinajstić information content (AvgIpc) is 3.34. The minimum absolute atomic E-state index is 0.0318. The molecular formula is C23H21N3OS. The van der Waals surface area contributed by atoms with Crippen molar-refractivity contribution in [1.82, 2.24) is 9.88 Å². The highest BCUT2D eigenvalue weighted by atomic mass is 32.1.